The number of ether oxygens (including phenoxy) is 1. The first kappa shape index (κ1) is 18.4. The van der Waals surface area contributed by atoms with Crippen molar-refractivity contribution in [3.05, 3.63) is 60.0 Å². The first-order valence-electron chi connectivity index (χ1n) is 7.79. The van der Waals surface area contributed by atoms with Gasteiger partial charge in [0.2, 0.25) is 5.82 Å². The Hall–Kier alpha value is -3.36. The lowest BCUT2D eigenvalue weighted by atomic mass is 10.1. The quantitative estimate of drug-likeness (QED) is 0.653. The third-order valence-corrected chi connectivity index (χ3v) is 3.66. The summed E-state index contributed by atoms with van der Waals surface area (Å²) in [5, 5.41) is 6.29. The van der Waals surface area contributed by atoms with E-state index in [2.05, 4.69) is 20.0 Å². The zero-order valence-electron chi connectivity index (χ0n) is 14.1. The number of hydrogen-bond acceptors (Lipinski definition) is 6. The molecule has 0 amide bonds. The zero-order chi connectivity index (χ0) is 19.4. The van der Waals surface area contributed by atoms with Crippen molar-refractivity contribution < 1.29 is 27.2 Å². The normalized spacial score (nSPS) is 11.3. The van der Waals surface area contributed by atoms with Gasteiger partial charge < -0.3 is 14.6 Å². The third kappa shape index (κ3) is 4.43. The van der Waals surface area contributed by atoms with Crippen LogP contribution in [0, 0.1) is 0 Å². The van der Waals surface area contributed by atoms with Crippen LogP contribution in [-0.4, -0.2) is 29.6 Å². The monoisotopic (exact) mass is 377 g/mol. The van der Waals surface area contributed by atoms with Crippen LogP contribution in [0.1, 0.15) is 16.2 Å². The van der Waals surface area contributed by atoms with Gasteiger partial charge >= 0.3 is 12.1 Å². The summed E-state index contributed by atoms with van der Waals surface area (Å²) in [6.07, 6.45) is -4.70. The van der Waals surface area contributed by atoms with Crippen molar-refractivity contribution in [1.82, 2.24) is 10.1 Å². The van der Waals surface area contributed by atoms with Gasteiger partial charge in [-0.2, -0.15) is 18.2 Å². The Labute approximate surface area is 152 Å². The number of alkyl halides is 3. The van der Waals surface area contributed by atoms with Crippen LogP contribution in [0.15, 0.2) is 53.1 Å². The highest BCUT2D eigenvalue weighted by Gasteiger charge is 2.38. The number of carbonyl (C=O) groups excluding carboxylic acids is 1. The second-order valence-electron chi connectivity index (χ2n) is 5.51. The number of Topliss-reactive ketones (excluding diaryl/α,β-unsaturated/α-hetero) is 1. The Balaban J connectivity index is 1.66. The van der Waals surface area contributed by atoms with E-state index in [4.69, 9.17) is 4.74 Å². The van der Waals surface area contributed by atoms with Crippen molar-refractivity contribution in [2.24, 2.45) is 0 Å². The van der Waals surface area contributed by atoms with Gasteiger partial charge in [-0.1, -0.05) is 35.5 Å². The molecule has 3 aromatic rings. The molecule has 3 rings (SSSR count). The molecule has 0 fully saturated rings. The summed E-state index contributed by atoms with van der Waals surface area (Å²) in [6.45, 7) is 0.0486. The molecular formula is C18H14F3N3O3. The van der Waals surface area contributed by atoms with Crippen molar-refractivity contribution in [2.75, 3.05) is 19.0 Å². The van der Waals surface area contributed by atoms with E-state index in [1.165, 1.54) is 24.3 Å². The minimum absolute atomic E-state index is 0.0486. The molecule has 0 aliphatic rings. The van der Waals surface area contributed by atoms with Crippen LogP contribution in [0.4, 0.5) is 18.9 Å². The summed E-state index contributed by atoms with van der Waals surface area (Å²) in [5.41, 5.74) is 1.44. The number of aromatic nitrogens is 2. The van der Waals surface area contributed by atoms with E-state index in [9.17, 15) is 18.0 Å². The molecule has 1 aromatic heterocycles. The topological polar surface area (TPSA) is 77.2 Å². The predicted molar refractivity (Wildman–Crippen MR) is 90.6 cm³/mol. The van der Waals surface area contributed by atoms with Crippen molar-refractivity contribution in [3.8, 4) is 17.1 Å². The van der Waals surface area contributed by atoms with Crippen LogP contribution < -0.4 is 10.1 Å². The third-order valence-electron chi connectivity index (χ3n) is 3.66. The first-order valence-corrected chi connectivity index (χ1v) is 7.79. The van der Waals surface area contributed by atoms with Crippen molar-refractivity contribution >= 4 is 11.5 Å². The summed E-state index contributed by atoms with van der Waals surface area (Å²) < 4.78 is 46.8. The van der Waals surface area contributed by atoms with Crippen LogP contribution >= 0.6 is 0 Å². The number of rotatable bonds is 6. The molecule has 140 valence electrons. The standard InChI is InChI=1S/C18H14F3N3O3/c1-26-14-4-2-3-13(9-14)22-10-15(25)11-5-7-12(8-6-11)16-23-17(27-24-16)18(19,20)21/h2-9,22H,10H2,1H3. The van der Waals surface area contributed by atoms with Crippen molar-refractivity contribution in [3.63, 3.8) is 0 Å². The van der Waals surface area contributed by atoms with Crippen LogP contribution in [0.2, 0.25) is 0 Å². The Morgan fingerprint density at radius 3 is 2.56 bits per heavy atom. The van der Waals surface area contributed by atoms with E-state index < -0.39 is 12.1 Å². The molecule has 0 aliphatic carbocycles. The van der Waals surface area contributed by atoms with Gasteiger partial charge in [0.05, 0.1) is 13.7 Å². The number of hydrogen-bond donors (Lipinski definition) is 1. The minimum Gasteiger partial charge on any atom is -0.497 e. The first-order chi connectivity index (χ1) is 12.9. The lowest BCUT2D eigenvalue weighted by Crippen LogP contribution is -2.13. The zero-order valence-corrected chi connectivity index (χ0v) is 14.1. The average molecular weight is 377 g/mol. The molecule has 27 heavy (non-hydrogen) atoms. The predicted octanol–water partition coefficient (Wildman–Crippen LogP) is 4.06. The van der Waals surface area contributed by atoms with E-state index in [-0.39, 0.29) is 18.2 Å². The van der Waals surface area contributed by atoms with Crippen molar-refractivity contribution in [1.29, 1.82) is 0 Å². The van der Waals surface area contributed by atoms with Gasteiger partial charge in [0.15, 0.2) is 5.78 Å². The second-order valence-corrected chi connectivity index (χ2v) is 5.51. The molecule has 0 aliphatic heterocycles. The molecule has 1 N–H and O–H groups in total. The van der Waals surface area contributed by atoms with E-state index in [0.29, 0.717) is 16.9 Å². The summed E-state index contributed by atoms with van der Waals surface area (Å²) in [6, 6.07) is 13.0. The smallest absolute Gasteiger partial charge is 0.471 e. The van der Waals surface area contributed by atoms with E-state index in [1.807, 2.05) is 0 Å². The van der Waals surface area contributed by atoms with Gasteiger partial charge in [-0.25, -0.2) is 0 Å². The average Bonchev–Trinajstić information content (AvgIpc) is 3.17. The highest BCUT2D eigenvalue weighted by Crippen LogP contribution is 2.29. The molecular weight excluding hydrogens is 363 g/mol. The van der Waals surface area contributed by atoms with Gasteiger partial charge in [0.25, 0.3) is 0 Å². The van der Waals surface area contributed by atoms with Crippen LogP contribution in [0.5, 0.6) is 5.75 Å². The number of benzene rings is 2. The Kier molecular flexibility index (Phi) is 5.11. The number of anilines is 1. The molecule has 2 aromatic carbocycles. The number of carbonyl (C=O) groups is 1. The molecule has 6 nitrogen and oxygen atoms in total. The fraction of sp³-hybridized carbons (Fsp3) is 0.167. The largest absolute Gasteiger partial charge is 0.497 e. The molecule has 0 bridgehead atoms. The molecule has 0 saturated carbocycles. The highest BCUT2D eigenvalue weighted by atomic mass is 19.4. The molecule has 0 saturated heterocycles. The Bertz CT molecular complexity index is 937. The Morgan fingerprint density at radius 2 is 1.93 bits per heavy atom. The fourth-order valence-electron chi connectivity index (χ4n) is 2.28. The maximum atomic E-state index is 12.5. The summed E-state index contributed by atoms with van der Waals surface area (Å²) >= 11 is 0. The van der Waals surface area contributed by atoms with Gasteiger partial charge in [-0.15, -0.1) is 0 Å². The van der Waals surface area contributed by atoms with Gasteiger partial charge in [-0.3, -0.25) is 4.79 Å². The number of methoxy groups -OCH3 is 1. The van der Waals surface area contributed by atoms with E-state index in [1.54, 1.807) is 31.4 Å². The highest BCUT2D eigenvalue weighted by molar-refractivity contribution is 5.99. The minimum atomic E-state index is -4.70. The maximum Gasteiger partial charge on any atom is 0.471 e. The fourth-order valence-corrected chi connectivity index (χ4v) is 2.28. The lowest BCUT2D eigenvalue weighted by molar-refractivity contribution is -0.159. The van der Waals surface area contributed by atoms with Crippen LogP contribution in [-0.2, 0) is 6.18 Å². The van der Waals surface area contributed by atoms with Gasteiger partial charge in [0.1, 0.15) is 5.75 Å². The SMILES string of the molecule is COc1cccc(NCC(=O)c2ccc(-c3noc(C(F)(F)F)n3)cc2)c1. The van der Waals surface area contributed by atoms with Gasteiger partial charge in [-0.05, 0) is 12.1 Å². The second kappa shape index (κ2) is 7.48. The van der Waals surface area contributed by atoms with E-state index in [0.717, 1.165) is 5.69 Å². The summed E-state index contributed by atoms with van der Waals surface area (Å²) in [5.74, 6) is -1.14. The maximum absolute atomic E-state index is 12.5. The molecule has 9 heteroatoms. The molecule has 0 unspecified atom stereocenters. The molecule has 0 radical (unpaired) electrons. The van der Waals surface area contributed by atoms with Gasteiger partial charge in [0, 0.05) is 22.9 Å². The summed E-state index contributed by atoms with van der Waals surface area (Å²) in [4.78, 5) is 15.6. The Morgan fingerprint density at radius 1 is 1.19 bits per heavy atom. The number of halogens is 3. The number of ketones is 1. The summed E-state index contributed by atoms with van der Waals surface area (Å²) in [7, 11) is 1.55. The van der Waals surface area contributed by atoms with Crippen LogP contribution in [0.3, 0.4) is 0 Å². The molecule has 1 heterocycles. The van der Waals surface area contributed by atoms with Crippen LogP contribution in [0.25, 0.3) is 11.4 Å². The molecule has 0 spiro atoms. The van der Waals surface area contributed by atoms with Crippen molar-refractivity contribution in [2.45, 2.75) is 6.18 Å². The number of nitrogens with one attached hydrogen (secondary N) is 1. The number of nitrogens with zero attached hydrogens (tertiary/aromatic N) is 2. The molecule has 0 atom stereocenters. The van der Waals surface area contributed by atoms with E-state index >= 15 is 0 Å². The lowest BCUT2D eigenvalue weighted by Gasteiger charge is -2.07.